The normalized spacial score (nSPS) is 11.4. The van der Waals surface area contributed by atoms with Crippen LogP contribution in [0.1, 0.15) is 11.1 Å². The smallest absolute Gasteiger partial charge is 0.170 e. The van der Waals surface area contributed by atoms with E-state index in [9.17, 15) is 4.39 Å². The lowest BCUT2D eigenvalue weighted by atomic mass is 10.2. The van der Waals surface area contributed by atoms with Gasteiger partial charge in [0.05, 0.1) is 6.54 Å². The van der Waals surface area contributed by atoms with Crippen LogP contribution >= 0.6 is 11.9 Å². The first kappa shape index (κ1) is 17.9. The Balaban J connectivity index is 2.13. The predicted molar refractivity (Wildman–Crippen MR) is 91.7 cm³/mol. The number of hydrogen-bond donors (Lipinski definition) is 0. The van der Waals surface area contributed by atoms with E-state index in [-0.39, 0.29) is 12.1 Å². The standard InChI is InChI=1S/C18H22FNO2S/c1-14-8-10-16(11-9-14)23-20(13-18(21-2)22-3)12-15-6-4-5-7-17(15)19/h4-11,18H,12-13H2,1-3H3. The number of benzene rings is 2. The maximum Gasteiger partial charge on any atom is 0.170 e. The Kier molecular flexibility index (Phi) is 7.05. The van der Waals surface area contributed by atoms with Crippen molar-refractivity contribution in [3.05, 3.63) is 65.5 Å². The topological polar surface area (TPSA) is 21.7 Å². The molecule has 0 aliphatic rings. The van der Waals surface area contributed by atoms with Gasteiger partial charge in [-0.1, -0.05) is 35.9 Å². The Morgan fingerprint density at radius 1 is 1.04 bits per heavy atom. The van der Waals surface area contributed by atoms with Gasteiger partial charge in [0.2, 0.25) is 0 Å². The van der Waals surface area contributed by atoms with Gasteiger partial charge in [0.1, 0.15) is 5.82 Å². The van der Waals surface area contributed by atoms with Crippen molar-refractivity contribution in [1.29, 1.82) is 0 Å². The van der Waals surface area contributed by atoms with Crippen molar-refractivity contribution < 1.29 is 13.9 Å². The third kappa shape index (κ3) is 5.62. The summed E-state index contributed by atoms with van der Waals surface area (Å²) in [5.41, 5.74) is 1.86. The SMILES string of the molecule is COC(CN(Cc1ccccc1F)Sc1ccc(C)cc1)OC. The molecule has 0 fully saturated rings. The van der Waals surface area contributed by atoms with Crippen LogP contribution in [-0.2, 0) is 16.0 Å². The highest BCUT2D eigenvalue weighted by Crippen LogP contribution is 2.26. The lowest BCUT2D eigenvalue weighted by molar-refractivity contribution is -0.107. The zero-order valence-electron chi connectivity index (χ0n) is 13.7. The van der Waals surface area contributed by atoms with Crippen LogP contribution in [0, 0.1) is 12.7 Å². The molecule has 3 nitrogen and oxygen atoms in total. The van der Waals surface area contributed by atoms with Crippen LogP contribution in [0.4, 0.5) is 4.39 Å². The molecule has 0 aliphatic carbocycles. The molecule has 0 heterocycles. The van der Waals surface area contributed by atoms with Gasteiger partial charge in [-0.25, -0.2) is 8.70 Å². The average Bonchev–Trinajstić information content (AvgIpc) is 2.56. The summed E-state index contributed by atoms with van der Waals surface area (Å²) < 4.78 is 26.6. The van der Waals surface area contributed by atoms with Crippen LogP contribution in [0.25, 0.3) is 0 Å². The molecule has 0 aliphatic heterocycles. The number of methoxy groups -OCH3 is 2. The quantitative estimate of drug-likeness (QED) is 0.531. The van der Waals surface area contributed by atoms with Crippen molar-refractivity contribution in [2.45, 2.75) is 24.7 Å². The van der Waals surface area contributed by atoms with Crippen LogP contribution in [-0.4, -0.2) is 31.4 Å². The van der Waals surface area contributed by atoms with Crippen molar-refractivity contribution in [2.24, 2.45) is 0 Å². The zero-order chi connectivity index (χ0) is 16.7. The molecular formula is C18H22FNO2S. The van der Waals surface area contributed by atoms with Crippen molar-refractivity contribution >= 4 is 11.9 Å². The molecular weight excluding hydrogens is 313 g/mol. The Labute approximate surface area is 141 Å². The third-order valence-electron chi connectivity index (χ3n) is 3.44. The molecule has 0 bridgehead atoms. The second kappa shape index (κ2) is 9.03. The van der Waals surface area contributed by atoms with E-state index < -0.39 is 0 Å². The largest absolute Gasteiger partial charge is 0.355 e. The second-order valence-corrected chi connectivity index (χ2v) is 6.39. The minimum atomic E-state index is -0.361. The number of hydrogen-bond acceptors (Lipinski definition) is 4. The molecule has 0 N–H and O–H groups in total. The predicted octanol–water partition coefficient (Wildman–Crippen LogP) is 4.26. The second-order valence-electron chi connectivity index (χ2n) is 5.22. The molecule has 0 aromatic heterocycles. The molecule has 5 heteroatoms. The number of nitrogens with zero attached hydrogens (tertiary/aromatic N) is 1. The molecule has 0 radical (unpaired) electrons. The van der Waals surface area contributed by atoms with E-state index in [0.717, 1.165) is 4.90 Å². The van der Waals surface area contributed by atoms with Crippen LogP contribution in [0.15, 0.2) is 53.4 Å². The molecule has 2 aromatic carbocycles. The summed E-state index contributed by atoms with van der Waals surface area (Å²) in [6.07, 6.45) is -0.361. The van der Waals surface area contributed by atoms with Gasteiger partial charge in [0.15, 0.2) is 6.29 Å². The van der Waals surface area contributed by atoms with Crippen molar-refractivity contribution in [3.63, 3.8) is 0 Å². The number of ether oxygens (including phenoxy) is 2. The molecule has 0 saturated heterocycles. The van der Waals surface area contributed by atoms with E-state index in [2.05, 4.69) is 31.2 Å². The van der Waals surface area contributed by atoms with Crippen LogP contribution in [0.2, 0.25) is 0 Å². The summed E-state index contributed by atoms with van der Waals surface area (Å²) in [7, 11) is 3.21. The molecule has 0 atom stereocenters. The Morgan fingerprint density at radius 2 is 1.70 bits per heavy atom. The maximum absolute atomic E-state index is 13.9. The highest BCUT2D eigenvalue weighted by Gasteiger charge is 2.16. The summed E-state index contributed by atoms with van der Waals surface area (Å²) >= 11 is 1.57. The van der Waals surface area contributed by atoms with E-state index in [0.29, 0.717) is 18.7 Å². The zero-order valence-corrected chi connectivity index (χ0v) is 14.5. The van der Waals surface area contributed by atoms with E-state index in [1.807, 2.05) is 10.4 Å². The number of halogens is 1. The Hall–Kier alpha value is -1.40. The van der Waals surface area contributed by atoms with Gasteiger partial charge in [-0.05, 0) is 37.1 Å². The fourth-order valence-corrected chi connectivity index (χ4v) is 3.07. The van der Waals surface area contributed by atoms with Crippen molar-refractivity contribution in [2.75, 3.05) is 20.8 Å². The first-order valence-corrected chi connectivity index (χ1v) is 8.18. The highest BCUT2D eigenvalue weighted by molar-refractivity contribution is 7.97. The number of rotatable bonds is 8. The average molecular weight is 335 g/mol. The van der Waals surface area contributed by atoms with Gasteiger partial charge in [-0.3, -0.25) is 0 Å². The molecule has 0 unspecified atom stereocenters. The number of aryl methyl sites for hydroxylation is 1. The van der Waals surface area contributed by atoms with Crippen LogP contribution < -0.4 is 0 Å². The van der Waals surface area contributed by atoms with Crippen LogP contribution in [0.5, 0.6) is 0 Å². The Bertz CT molecular complexity index is 602. The van der Waals surface area contributed by atoms with E-state index in [1.54, 1.807) is 38.3 Å². The molecule has 0 spiro atoms. The summed E-state index contributed by atoms with van der Waals surface area (Å²) in [5.74, 6) is -0.201. The van der Waals surface area contributed by atoms with Gasteiger partial charge >= 0.3 is 0 Å². The Morgan fingerprint density at radius 3 is 2.30 bits per heavy atom. The van der Waals surface area contributed by atoms with Gasteiger partial charge in [-0.15, -0.1) is 0 Å². The minimum Gasteiger partial charge on any atom is -0.355 e. The van der Waals surface area contributed by atoms with Crippen molar-refractivity contribution in [1.82, 2.24) is 4.31 Å². The first-order valence-electron chi connectivity index (χ1n) is 7.41. The third-order valence-corrected chi connectivity index (χ3v) is 4.46. The van der Waals surface area contributed by atoms with Gasteiger partial charge < -0.3 is 9.47 Å². The van der Waals surface area contributed by atoms with Gasteiger partial charge in [-0.2, -0.15) is 0 Å². The maximum atomic E-state index is 13.9. The lowest BCUT2D eigenvalue weighted by Gasteiger charge is -2.25. The van der Waals surface area contributed by atoms with E-state index >= 15 is 0 Å². The minimum absolute atomic E-state index is 0.201. The van der Waals surface area contributed by atoms with Crippen LogP contribution in [0.3, 0.4) is 0 Å². The first-order chi connectivity index (χ1) is 11.1. The van der Waals surface area contributed by atoms with Gasteiger partial charge in [0, 0.05) is 31.2 Å². The summed E-state index contributed by atoms with van der Waals surface area (Å²) in [4.78, 5) is 1.10. The fraction of sp³-hybridized carbons (Fsp3) is 0.333. The lowest BCUT2D eigenvalue weighted by Crippen LogP contribution is -2.30. The monoisotopic (exact) mass is 335 g/mol. The van der Waals surface area contributed by atoms with E-state index in [1.165, 1.54) is 11.6 Å². The van der Waals surface area contributed by atoms with Gasteiger partial charge in [0.25, 0.3) is 0 Å². The molecule has 0 amide bonds. The summed E-state index contributed by atoms with van der Waals surface area (Å²) in [5, 5.41) is 0. The molecule has 124 valence electrons. The fourth-order valence-electron chi connectivity index (χ4n) is 2.11. The van der Waals surface area contributed by atoms with E-state index in [4.69, 9.17) is 9.47 Å². The van der Waals surface area contributed by atoms with Crippen molar-refractivity contribution in [3.8, 4) is 0 Å². The highest BCUT2D eigenvalue weighted by atomic mass is 32.2. The molecule has 2 rings (SSSR count). The summed E-state index contributed by atoms with van der Waals surface area (Å²) in [6, 6.07) is 15.1. The molecule has 23 heavy (non-hydrogen) atoms. The molecule has 2 aromatic rings. The summed E-state index contributed by atoms with van der Waals surface area (Å²) in [6.45, 7) is 3.05. The molecule has 0 saturated carbocycles.